The number of hydrogen-bond acceptors (Lipinski definition) is 3. The maximum Gasteiger partial charge on any atom is 0.254 e. The van der Waals surface area contributed by atoms with Crippen molar-refractivity contribution < 1.29 is 9.53 Å². The molecule has 1 aliphatic rings. The first-order valence-corrected chi connectivity index (χ1v) is 9.38. The molecular weight excluding hydrogens is 348 g/mol. The van der Waals surface area contributed by atoms with Crippen molar-refractivity contribution in [3.63, 3.8) is 0 Å². The number of amides is 1. The van der Waals surface area contributed by atoms with Crippen molar-refractivity contribution in [1.82, 2.24) is 10.2 Å². The van der Waals surface area contributed by atoms with Gasteiger partial charge >= 0.3 is 0 Å². The van der Waals surface area contributed by atoms with Crippen LogP contribution in [0.15, 0.2) is 48.5 Å². The summed E-state index contributed by atoms with van der Waals surface area (Å²) < 4.78 is 5.70. The number of carbonyl (C=O) groups is 1. The van der Waals surface area contributed by atoms with E-state index in [1.807, 2.05) is 67.3 Å². The van der Waals surface area contributed by atoms with Crippen LogP contribution in [0.5, 0.6) is 0 Å². The Morgan fingerprint density at radius 3 is 2.38 bits per heavy atom. The summed E-state index contributed by atoms with van der Waals surface area (Å²) in [6, 6.07) is 15.7. The van der Waals surface area contributed by atoms with Crippen LogP contribution in [0.3, 0.4) is 0 Å². The highest BCUT2D eigenvalue weighted by atomic mass is 35.5. The lowest BCUT2D eigenvalue weighted by molar-refractivity contribution is -0.0586. The first-order valence-electron chi connectivity index (χ1n) is 9.00. The van der Waals surface area contributed by atoms with Crippen LogP contribution in [-0.4, -0.2) is 36.1 Å². The molecular formula is C21H25ClN2O2. The van der Waals surface area contributed by atoms with E-state index in [9.17, 15) is 4.79 Å². The minimum atomic E-state index is 0.0745. The molecule has 2 aromatic carbocycles. The quantitative estimate of drug-likeness (QED) is 0.866. The first kappa shape index (κ1) is 18.9. The molecule has 2 aromatic rings. The second-order valence-corrected chi connectivity index (χ2v) is 7.33. The monoisotopic (exact) mass is 372 g/mol. The molecule has 2 unspecified atom stereocenters. The van der Waals surface area contributed by atoms with Crippen LogP contribution < -0.4 is 5.32 Å². The van der Waals surface area contributed by atoms with Gasteiger partial charge in [0.1, 0.15) is 0 Å². The highest BCUT2D eigenvalue weighted by Gasteiger charge is 2.26. The number of benzene rings is 2. The smallest absolute Gasteiger partial charge is 0.254 e. The number of ether oxygens (including phenoxy) is 1. The van der Waals surface area contributed by atoms with E-state index in [0.717, 1.165) is 34.8 Å². The number of morpholine rings is 1. The minimum absolute atomic E-state index is 0.0745. The minimum Gasteiger partial charge on any atom is -0.372 e. The molecule has 138 valence electrons. The molecule has 0 bridgehead atoms. The Bertz CT molecular complexity index is 738. The topological polar surface area (TPSA) is 41.6 Å². The number of hydrogen-bond donors (Lipinski definition) is 1. The highest BCUT2D eigenvalue weighted by Crippen LogP contribution is 2.15. The van der Waals surface area contributed by atoms with E-state index in [1.165, 1.54) is 0 Å². The standard InChI is InChI=1S/C21H25ClN2O2/c1-15-13-24(14-16(2)26-15)21(25)19-8-6-17(7-9-19)11-23-12-18-4-3-5-20(22)10-18/h3-10,15-16,23H,11-14H2,1-2H3. The van der Waals surface area contributed by atoms with Gasteiger partial charge in [-0.1, -0.05) is 35.9 Å². The molecule has 2 atom stereocenters. The molecule has 0 spiro atoms. The number of carbonyl (C=O) groups excluding carboxylic acids is 1. The van der Waals surface area contributed by atoms with Crippen LogP contribution in [0.4, 0.5) is 0 Å². The van der Waals surface area contributed by atoms with E-state index >= 15 is 0 Å². The van der Waals surface area contributed by atoms with Crippen molar-refractivity contribution in [3.8, 4) is 0 Å². The van der Waals surface area contributed by atoms with Crippen molar-refractivity contribution in [2.45, 2.75) is 39.1 Å². The molecule has 1 aliphatic heterocycles. The summed E-state index contributed by atoms with van der Waals surface area (Å²) in [5.41, 5.74) is 3.03. The lowest BCUT2D eigenvalue weighted by Gasteiger charge is -2.35. The highest BCUT2D eigenvalue weighted by molar-refractivity contribution is 6.30. The molecule has 0 saturated carbocycles. The number of nitrogens with one attached hydrogen (secondary N) is 1. The summed E-state index contributed by atoms with van der Waals surface area (Å²) in [5, 5.41) is 4.15. The predicted molar refractivity (Wildman–Crippen MR) is 104 cm³/mol. The Balaban J connectivity index is 1.53. The van der Waals surface area contributed by atoms with E-state index in [0.29, 0.717) is 13.1 Å². The van der Waals surface area contributed by atoms with Crippen molar-refractivity contribution >= 4 is 17.5 Å². The molecule has 4 nitrogen and oxygen atoms in total. The lowest BCUT2D eigenvalue weighted by Crippen LogP contribution is -2.48. The van der Waals surface area contributed by atoms with Gasteiger partial charge in [-0.25, -0.2) is 0 Å². The van der Waals surface area contributed by atoms with Gasteiger partial charge < -0.3 is 15.0 Å². The van der Waals surface area contributed by atoms with Crippen LogP contribution in [0.25, 0.3) is 0 Å². The van der Waals surface area contributed by atoms with E-state index in [2.05, 4.69) is 5.32 Å². The molecule has 0 aromatic heterocycles. The molecule has 0 radical (unpaired) electrons. The van der Waals surface area contributed by atoms with Gasteiger partial charge in [0.05, 0.1) is 12.2 Å². The van der Waals surface area contributed by atoms with Crippen LogP contribution >= 0.6 is 11.6 Å². The van der Waals surface area contributed by atoms with Gasteiger partial charge in [-0.05, 0) is 49.2 Å². The second-order valence-electron chi connectivity index (χ2n) is 6.90. The van der Waals surface area contributed by atoms with Crippen LogP contribution in [0, 0.1) is 0 Å². The normalized spacial score (nSPS) is 20.2. The summed E-state index contributed by atoms with van der Waals surface area (Å²) in [6.07, 6.45) is 0.162. The van der Waals surface area contributed by atoms with Crippen molar-refractivity contribution in [1.29, 1.82) is 0 Å². The molecule has 26 heavy (non-hydrogen) atoms. The molecule has 1 heterocycles. The van der Waals surface area contributed by atoms with Gasteiger partial charge in [0, 0.05) is 36.8 Å². The third-order valence-corrected chi connectivity index (χ3v) is 4.69. The van der Waals surface area contributed by atoms with Gasteiger partial charge in [-0.2, -0.15) is 0 Å². The SMILES string of the molecule is CC1CN(C(=O)c2ccc(CNCc3cccc(Cl)c3)cc2)CC(C)O1. The fourth-order valence-corrected chi connectivity index (χ4v) is 3.50. The zero-order valence-corrected chi connectivity index (χ0v) is 16.0. The lowest BCUT2D eigenvalue weighted by atomic mass is 10.1. The molecule has 1 N–H and O–H groups in total. The average molecular weight is 373 g/mol. The summed E-state index contributed by atoms with van der Waals surface area (Å²) in [7, 11) is 0. The Labute approximate surface area is 160 Å². The summed E-state index contributed by atoms with van der Waals surface area (Å²) in [4.78, 5) is 14.6. The molecule has 1 saturated heterocycles. The zero-order valence-electron chi connectivity index (χ0n) is 15.2. The fourth-order valence-electron chi connectivity index (χ4n) is 3.29. The van der Waals surface area contributed by atoms with Gasteiger partial charge in [-0.3, -0.25) is 4.79 Å². The largest absolute Gasteiger partial charge is 0.372 e. The molecule has 5 heteroatoms. The van der Waals surface area contributed by atoms with Gasteiger partial charge in [0.25, 0.3) is 5.91 Å². The third kappa shape index (κ3) is 5.07. The van der Waals surface area contributed by atoms with Gasteiger partial charge in [0.15, 0.2) is 0 Å². The fraction of sp³-hybridized carbons (Fsp3) is 0.381. The van der Waals surface area contributed by atoms with Crippen LogP contribution in [0.1, 0.15) is 35.3 Å². The Morgan fingerprint density at radius 1 is 1.08 bits per heavy atom. The van der Waals surface area contributed by atoms with E-state index in [1.54, 1.807) is 0 Å². The van der Waals surface area contributed by atoms with Crippen LogP contribution in [0.2, 0.25) is 5.02 Å². The van der Waals surface area contributed by atoms with E-state index in [-0.39, 0.29) is 18.1 Å². The first-order chi connectivity index (χ1) is 12.5. The zero-order chi connectivity index (χ0) is 18.5. The predicted octanol–water partition coefficient (Wildman–Crippen LogP) is 3.88. The Morgan fingerprint density at radius 2 is 1.73 bits per heavy atom. The van der Waals surface area contributed by atoms with E-state index in [4.69, 9.17) is 16.3 Å². The maximum absolute atomic E-state index is 12.7. The maximum atomic E-state index is 12.7. The number of nitrogens with zero attached hydrogens (tertiary/aromatic N) is 1. The average Bonchev–Trinajstić information content (AvgIpc) is 2.61. The second kappa shape index (κ2) is 8.67. The molecule has 1 amide bonds. The van der Waals surface area contributed by atoms with Gasteiger partial charge in [-0.15, -0.1) is 0 Å². The van der Waals surface area contributed by atoms with Crippen molar-refractivity contribution in [2.75, 3.05) is 13.1 Å². The van der Waals surface area contributed by atoms with Crippen molar-refractivity contribution in [2.24, 2.45) is 0 Å². The summed E-state index contributed by atoms with van der Waals surface area (Å²) in [5.74, 6) is 0.0745. The third-order valence-electron chi connectivity index (χ3n) is 4.45. The van der Waals surface area contributed by atoms with Gasteiger partial charge in [0.2, 0.25) is 0 Å². The number of rotatable bonds is 5. The Hall–Kier alpha value is -1.88. The van der Waals surface area contributed by atoms with Crippen molar-refractivity contribution in [3.05, 3.63) is 70.2 Å². The summed E-state index contributed by atoms with van der Waals surface area (Å²) >= 11 is 6.00. The summed E-state index contributed by atoms with van der Waals surface area (Å²) in [6.45, 7) is 6.80. The van der Waals surface area contributed by atoms with E-state index < -0.39 is 0 Å². The Kier molecular flexibility index (Phi) is 6.30. The number of halogens is 1. The molecule has 0 aliphatic carbocycles. The molecule has 3 rings (SSSR count). The van der Waals surface area contributed by atoms with Crippen LogP contribution in [-0.2, 0) is 17.8 Å². The molecule has 1 fully saturated rings.